The molecular weight excluding hydrogens is 514 g/mol. The van der Waals surface area contributed by atoms with E-state index in [1.54, 1.807) is 13.1 Å². The lowest BCUT2D eigenvalue weighted by atomic mass is 9.83. The fourth-order valence-corrected chi connectivity index (χ4v) is 5.20. The van der Waals surface area contributed by atoms with E-state index in [-0.39, 0.29) is 31.8 Å². The first kappa shape index (κ1) is 30.5. The van der Waals surface area contributed by atoms with Crippen molar-refractivity contribution in [2.45, 2.75) is 83.3 Å². The van der Waals surface area contributed by atoms with Gasteiger partial charge in [0.15, 0.2) is 5.78 Å². The van der Waals surface area contributed by atoms with E-state index in [9.17, 15) is 24.0 Å². The van der Waals surface area contributed by atoms with Crippen molar-refractivity contribution >= 4 is 46.6 Å². The van der Waals surface area contributed by atoms with Gasteiger partial charge >= 0.3 is 5.97 Å². The molecular formula is C29H39N5O6. The third-order valence-corrected chi connectivity index (χ3v) is 7.23. The predicted molar refractivity (Wildman–Crippen MR) is 150 cm³/mol. The molecule has 1 saturated carbocycles. The van der Waals surface area contributed by atoms with Gasteiger partial charge in [-0.3, -0.25) is 19.2 Å². The number of aromatic nitrogens is 1. The summed E-state index contributed by atoms with van der Waals surface area (Å²) in [5.41, 5.74) is 1.69. The molecule has 0 spiro atoms. The van der Waals surface area contributed by atoms with Crippen molar-refractivity contribution in [3.05, 3.63) is 36.0 Å². The number of amides is 3. The van der Waals surface area contributed by atoms with Crippen LogP contribution in [0.4, 0.5) is 0 Å². The Bertz CT molecular complexity index is 1220. The summed E-state index contributed by atoms with van der Waals surface area (Å²) in [7, 11) is 0. The molecule has 0 radical (unpaired) electrons. The summed E-state index contributed by atoms with van der Waals surface area (Å²) in [5, 5.41) is 16.2. The van der Waals surface area contributed by atoms with Gasteiger partial charge in [0, 0.05) is 36.9 Å². The number of hydrogen-bond acceptors (Lipinski definition) is 7. The quantitative estimate of drug-likeness (QED) is 0.178. The smallest absolute Gasteiger partial charge is 0.328 e. The van der Waals surface area contributed by atoms with E-state index < -0.39 is 47.6 Å². The third-order valence-electron chi connectivity index (χ3n) is 7.23. The molecule has 11 nitrogen and oxygen atoms in total. The van der Waals surface area contributed by atoms with Crippen molar-refractivity contribution in [1.82, 2.24) is 20.9 Å². The van der Waals surface area contributed by atoms with E-state index in [0.29, 0.717) is 6.21 Å². The van der Waals surface area contributed by atoms with E-state index in [1.165, 1.54) is 6.92 Å². The van der Waals surface area contributed by atoms with Crippen molar-refractivity contribution in [2.24, 2.45) is 5.92 Å². The third kappa shape index (κ3) is 8.49. The topological polar surface area (TPSA) is 170 Å². The summed E-state index contributed by atoms with van der Waals surface area (Å²) in [5.74, 6) is -2.76. The van der Waals surface area contributed by atoms with E-state index in [1.807, 2.05) is 24.3 Å². The van der Waals surface area contributed by atoms with Crippen molar-refractivity contribution in [3.8, 4) is 0 Å². The Balaban J connectivity index is 1.81. The minimum absolute atomic E-state index is 0.0775. The van der Waals surface area contributed by atoms with Crippen molar-refractivity contribution in [1.29, 1.82) is 5.41 Å². The second-order valence-electron chi connectivity index (χ2n) is 10.2. The molecule has 1 heterocycles. The van der Waals surface area contributed by atoms with E-state index >= 15 is 0 Å². The van der Waals surface area contributed by atoms with Crippen LogP contribution in [0.1, 0.15) is 64.4 Å². The summed E-state index contributed by atoms with van der Waals surface area (Å²) in [4.78, 5) is 66.7. The first-order valence-electron chi connectivity index (χ1n) is 13.9. The number of H-pyrrole nitrogens is 1. The first-order chi connectivity index (χ1) is 19.2. The molecule has 0 aliphatic heterocycles. The lowest BCUT2D eigenvalue weighted by Crippen LogP contribution is -2.57. The molecule has 0 saturated heterocycles. The van der Waals surface area contributed by atoms with Crippen LogP contribution in [-0.2, 0) is 35.1 Å². The number of esters is 1. The number of benzene rings is 1. The minimum Gasteiger partial charge on any atom is -0.464 e. The highest BCUT2D eigenvalue weighted by Crippen LogP contribution is 2.27. The van der Waals surface area contributed by atoms with Crippen LogP contribution in [0.25, 0.3) is 10.9 Å². The van der Waals surface area contributed by atoms with Crippen LogP contribution in [0, 0.1) is 11.3 Å². The molecule has 1 aliphatic carbocycles. The minimum atomic E-state index is -1.17. The van der Waals surface area contributed by atoms with Gasteiger partial charge < -0.3 is 31.1 Å². The van der Waals surface area contributed by atoms with Gasteiger partial charge in [-0.2, -0.15) is 0 Å². The first-order valence-corrected chi connectivity index (χ1v) is 13.9. The van der Waals surface area contributed by atoms with Crippen molar-refractivity contribution in [2.75, 3.05) is 6.61 Å². The van der Waals surface area contributed by atoms with Crippen LogP contribution in [0.15, 0.2) is 30.5 Å². The molecule has 3 atom stereocenters. The fourth-order valence-electron chi connectivity index (χ4n) is 5.20. The summed E-state index contributed by atoms with van der Waals surface area (Å²) < 4.78 is 5.24. The second-order valence-corrected chi connectivity index (χ2v) is 10.2. The average Bonchev–Trinajstić information content (AvgIpc) is 3.36. The van der Waals surface area contributed by atoms with E-state index in [2.05, 4.69) is 20.9 Å². The Morgan fingerprint density at radius 2 is 1.73 bits per heavy atom. The van der Waals surface area contributed by atoms with E-state index in [4.69, 9.17) is 10.1 Å². The Kier molecular flexibility index (Phi) is 11.4. The van der Waals surface area contributed by atoms with Gasteiger partial charge in [0.1, 0.15) is 18.1 Å². The Morgan fingerprint density at radius 1 is 1.02 bits per heavy atom. The number of ketones is 1. The van der Waals surface area contributed by atoms with Crippen LogP contribution in [0.5, 0.6) is 0 Å². The van der Waals surface area contributed by atoms with Crippen LogP contribution in [-0.4, -0.2) is 65.4 Å². The number of Topliss-reactive ketones (excluding diaryl/α,β-unsaturated/α-hetero) is 1. The molecule has 1 aliphatic rings. The van der Waals surface area contributed by atoms with Gasteiger partial charge in [0.2, 0.25) is 17.7 Å². The molecule has 0 bridgehead atoms. The second kappa shape index (κ2) is 14.9. The number of carbonyl (C=O) groups excluding carboxylic acids is 5. The number of nitrogens with one attached hydrogen (secondary N) is 5. The van der Waals surface area contributed by atoms with Crippen LogP contribution in [0.2, 0.25) is 0 Å². The average molecular weight is 554 g/mol. The standard InChI is InChI=1S/C29H39N5O6/c1-3-40-29(39)26(19-9-5-4-6-10-19)34-27(37)24(14-13-21(36)16-30)33-28(38)25(32-18(2)35)15-20-17-31-23-12-8-7-11-22(20)23/h7-8,11-12,16-17,19,24-26,30-31H,3-6,9-10,13-15H2,1-2H3,(H,32,35)(H,33,38)(H,34,37)/t24-,25-,26?/m0/s1. The molecule has 3 rings (SSSR count). The maximum atomic E-state index is 13.5. The van der Waals surface area contributed by atoms with Gasteiger partial charge in [-0.05, 0) is 43.7 Å². The Morgan fingerprint density at radius 3 is 2.40 bits per heavy atom. The fraction of sp³-hybridized carbons (Fsp3) is 0.517. The zero-order valence-corrected chi connectivity index (χ0v) is 23.1. The monoisotopic (exact) mass is 553 g/mol. The summed E-state index contributed by atoms with van der Waals surface area (Å²) >= 11 is 0. The van der Waals surface area contributed by atoms with Crippen LogP contribution >= 0.6 is 0 Å². The molecule has 1 fully saturated rings. The van der Waals surface area contributed by atoms with Gasteiger partial charge in [-0.1, -0.05) is 37.5 Å². The highest BCUT2D eigenvalue weighted by atomic mass is 16.5. The lowest BCUT2D eigenvalue weighted by molar-refractivity contribution is -0.149. The highest BCUT2D eigenvalue weighted by molar-refractivity contribution is 6.26. The van der Waals surface area contributed by atoms with E-state index in [0.717, 1.165) is 48.6 Å². The summed E-state index contributed by atoms with van der Waals surface area (Å²) in [6.45, 7) is 3.16. The SMILES string of the molecule is CCOC(=O)C(NC(=O)[C@H](CCC(=O)C=N)NC(=O)[C@H](Cc1c[nH]c2ccccc12)NC(C)=O)C1CCCCC1. The molecule has 1 aromatic heterocycles. The van der Waals surface area contributed by atoms with Gasteiger partial charge in [0.05, 0.1) is 12.8 Å². The molecule has 3 amide bonds. The lowest BCUT2D eigenvalue weighted by Gasteiger charge is -2.31. The van der Waals surface area contributed by atoms with Crippen molar-refractivity contribution < 1.29 is 28.7 Å². The number of aromatic amines is 1. The normalized spacial score (nSPS) is 15.8. The molecule has 5 N–H and O–H groups in total. The number of fused-ring (bicyclic) bond motifs is 1. The zero-order valence-electron chi connectivity index (χ0n) is 23.1. The van der Waals surface area contributed by atoms with Crippen LogP contribution < -0.4 is 16.0 Å². The number of para-hydroxylation sites is 1. The molecule has 11 heteroatoms. The summed E-state index contributed by atoms with van der Waals surface area (Å²) in [6, 6.07) is 4.53. The van der Waals surface area contributed by atoms with Gasteiger partial charge in [-0.15, -0.1) is 0 Å². The highest BCUT2D eigenvalue weighted by Gasteiger charge is 2.35. The molecule has 40 heavy (non-hydrogen) atoms. The molecule has 216 valence electrons. The Hall–Kier alpha value is -4.02. The molecule has 2 aromatic rings. The molecule has 1 unspecified atom stereocenters. The van der Waals surface area contributed by atoms with Gasteiger partial charge in [0.25, 0.3) is 0 Å². The number of ether oxygens (including phenoxy) is 1. The van der Waals surface area contributed by atoms with Crippen molar-refractivity contribution in [3.63, 3.8) is 0 Å². The number of carbonyl (C=O) groups is 5. The maximum absolute atomic E-state index is 13.5. The Labute approximate surface area is 233 Å². The maximum Gasteiger partial charge on any atom is 0.328 e. The van der Waals surface area contributed by atoms with Crippen LogP contribution in [0.3, 0.4) is 0 Å². The zero-order chi connectivity index (χ0) is 29.1. The number of rotatable bonds is 14. The largest absolute Gasteiger partial charge is 0.464 e. The summed E-state index contributed by atoms with van der Waals surface area (Å²) in [6.07, 6.45) is 6.85. The predicted octanol–water partition coefficient (Wildman–Crippen LogP) is 2.33. The van der Waals surface area contributed by atoms with Gasteiger partial charge in [-0.25, -0.2) is 4.79 Å². The number of hydrogen-bond donors (Lipinski definition) is 5. The molecule has 1 aromatic carbocycles.